The normalized spacial score (nSPS) is 31.4. The van der Waals surface area contributed by atoms with Gasteiger partial charge in [-0.3, -0.25) is 15.4 Å². The Morgan fingerprint density at radius 1 is 0.650 bits per heavy atom. The lowest BCUT2D eigenvalue weighted by Crippen LogP contribution is -2.48. The fourth-order valence-electron chi connectivity index (χ4n) is 12.8. The van der Waals surface area contributed by atoms with E-state index in [0.717, 1.165) is 90.6 Å². The topological polar surface area (TPSA) is 125 Å². The molecule has 2 aliphatic carbocycles. The van der Waals surface area contributed by atoms with E-state index in [2.05, 4.69) is 88.3 Å². The molecule has 0 bridgehead atoms. The van der Waals surface area contributed by atoms with E-state index in [1.807, 2.05) is 29.2 Å². The zero-order chi connectivity index (χ0) is 40.2. The number of carbonyl (C=O) groups is 1. The van der Waals surface area contributed by atoms with Gasteiger partial charge in [-0.05, 0) is 127 Å². The van der Waals surface area contributed by atoms with Gasteiger partial charge < -0.3 is 33.9 Å². The summed E-state index contributed by atoms with van der Waals surface area (Å²) >= 11 is 0. The first kappa shape index (κ1) is 35.2. The lowest BCUT2D eigenvalue weighted by molar-refractivity contribution is 0.0965. The van der Waals surface area contributed by atoms with Gasteiger partial charge in [0.1, 0.15) is 13.2 Å². The number of rotatable bonds is 8. The molecular formula is C50H48N4O6. The molecule has 10 nitrogen and oxygen atoms in total. The average molecular weight is 801 g/mol. The molecule has 0 radical (unpaired) electrons. The molecule has 7 atom stereocenters. The molecule has 6 aliphatic heterocycles. The van der Waals surface area contributed by atoms with Gasteiger partial charge in [-0.2, -0.15) is 0 Å². The summed E-state index contributed by atoms with van der Waals surface area (Å²) in [6.45, 7) is 0.654. The van der Waals surface area contributed by atoms with Crippen LogP contribution in [0.2, 0.25) is 0 Å². The van der Waals surface area contributed by atoms with Gasteiger partial charge in [-0.1, -0.05) is 54.6 Å². The number of hydrogen-bond acceptors (Lipinski definition) is 9. The van der Waals surface area contributed by atoms with E-state index >= 15 is 0 Å². The number of anilines is 2. The van der Waals surface area contributed by atoms with Crippen molar-refractivity contribution in [1.29, 1.82) is 0 Å². The summed E-state index contributed by atoms with van der Waals surface area (Å²) in [6.07, 6.45) is 7.25. The molecular weight excluding hydrogens is 753 g/mol. The summed E-state index contributed by atoms with van der Waals surface area (Å²) < 4.78 is 25.0. The van der Waals surface area contributed by atoms with Crippen molar-refractivity contribution in [2.75, 3.05) is 24.0 Å². The number of ether oxygens (including phenoxy) is 4. The number of carbonyl (C=O) groups excluding carboxylic acids is 1. The van der Waals surface area contributed by atoms with E-state index in [4.69, 9.17) is 18.9 Å². The monoisotopic (exact) mass is 800 g/mol. The Balaban J connectivity index is 0.766. The molecule has 4 fully saturated rings. The first-order valence-electron chi connectivity index (χ1n) is 21.6. The fourth-order valence-corrected chi connectivity index (χ4v) is 12.8. The number of aliphatic hydroxyl groups excluding tert-OH is 1. The highest BCUT2D eigenvalue weighted by molar-refractivity contribution is 6.10. The molecule has 0 spiro atoms. The second kappa shape index (κ2) is 12.1. The molecule has 13 rings (SSSR count). The van der Waals surface area contributed by atoms with E-state index in [1.165, 1.54) is 11.1 Å². The summed E-state index contributed by atoms with van der Waals surface area (Å²) in [5, 5.41) is 20.0. The van der Waals surface area contributed by atoms with Crippen LogP contribution in [0, 0.1) is 0 Å². The Morgan fingerprint density at radius 3 is 1.90 bits per heavy atom. The van der Waals surface area contributed by atoms with Crippen molar-refractivity contribution >= 4 is 17.3 Å². The highest BCUT2D eigenvalue weighted by Gasteiger charge is 2.77. The minimum atomic E-state index is -0.793. The minimum absolute atomic E-state index is 0.00565. The van der Waals surface area contributed by atoms with Crippen LogP contribution in [-0.4, -0.2) is 48.4 Å². The second-order valence-corrected chi connectivity index (χ2v) is 18.6. The average Bonchev–Trinajstić information content (AvgIpc) is 3.65. The van der Waals surface area contributed by atoms with Crippen molar-refractivity contribution in [2.45, 2.75) is 105 Å². The molecule has 1 amide bonds. The van der Waals surface area contributed by atoms with Crippen LogP contribution in [-0.2, 0) is 37.1 Å². The van der Waals surface area contributed by atoms with Crippen LogP contribution in [0.25, 0.3) is 0 Å². The van der Waals surface area contributed by atoms with Crippen molar-refractivity contribution in [3.05, 3.63) is 142 Å². The number of nitrogens with zero attached hydrogens (tertiary/aromatic N) is 2. The summed E-state index contributed by atoms with van der Waals surface area (Å²) in [4.78, 5) is 18.7. The summed E-state index contributed by atoms with van der Waals surface area (Å²) in [6, 6.07) is 33.5. The summed E-state index contributed by atoms with van der Waals surface area (Å²) in [5.74, 6) is 2.48. The molecule has 8 aliphatic rings. The van der Waals surface area contributed by atoms with Gasteiger partial charge in [0.2, 0.25) is 0 Å². The van der Waals surface area contributed by atoms with E-state index in [9.17, 15) is 9.90 Å². The molecule has 0 aromatic heterocycles. The molecule has 6 heterocycles. The van der Waals surface area contributed by atoms with Crippen molar-refractivity contribution in [3.8, 4) is 23.0 Å². The van der Waals surface area contributed by atoms with Crippen LogP contribution in [0.3, 0.4) is 0 Å². The summed E-state index contributed by atoms with van der Waals surface area (Å²) in [7, 11) is 3.30. The molecule has 5 aromatic carbocycles. The van der Waals surface area contributed by atoms with Crippen molar-refractivity contribution in [3.63, 3.8) is 0 Å². The number of aliphatic hydroxyl groups is 1. The Kier molecular flexibility index (Phi) is 7.08. The van der Waals surface area contributed by atoms with Gasteiger partial charge in [0.25, 0.3) is 5.91 Å². The smallest absolute Gasteiger partial charge is 0.259 e. The van der Waals surface area contributed by atoms with Crippen LogP contribution >= 0.6 is 0 Å². The molecule has 2 saturated carbocycles. The zero-order valence-electron chi connectivity index (χ0n) is 33.9. The molecule has 60 heavy (non-hydrogen) atoms. The van der Waals surface area contributed by atoms with Crippen molar-refractivity contribution in [1.82, 2.24) is 10.6 Å². The Labute approximate surface area is 349 Å². The lowest BCUT2D eigenvalue weighted by Gasteiger charge is -2.43. The zero-order valence-corrected chi connectivity index (χ0v) is 33.9. The number of amides is 1. The number of benzene rings is 5. The SMILES string of the molecule is COc1cc2c(cc1OCc1cccc(COc3cc4c(cc3OC)C(O)N3c5ccccc5C[C@H]3CC35CCC43N5)c1)C13CCC1(C[C@@H]1Cc4ccccc4N1C2=O)N3. The van der Waals surface area contributed by atoms with E-state index in [1.54, 1.807) is 14.2 Å². The number of para-hydroxylation sites is 2. The van der Waals surface area contributed by atoms with Crippen LogP contribution in [0.15, 0.2) is 97.1 Å². The van der Waals surface area contributed by atoms with Gasteiger partial charge in [-0.15, -0.1) is 0 Å². The van der Waals surface area contributed by atoms with E-state index in [0.29, 0.717) is 41.8 Å². The highest BCUT2D eigenvalue weighted by Crippen LogP contribution is 2.69. The maximum Gasteiger partial charge on any atom is 0.259 e. The number of hydrogen-bond donors (Lipinski definition) is 3. The highest BCUT2D eigenvalue weighted by atomic mass is 16.5. The first-order chi connectivity index (χ1) is 29.3. The first-order valence-corrected chi connectivity index (χ1v) is 21.6. The van der Waals surface area contributed by atoms with Crippen LogP contribution in [0.5, 0.6) is 23.0 Å². The lowest BCUT2D eigenvalue weighted by atomic mass is 9.65. The van der Waals surface area contributed by atoms with Gasteiger partial charge in [0.05, 0.1) is 25.3 Å². The van der Waals surface area contributed by atoms with E-state index in [-0.39, 0.29) is 40.1 Å². The quantitative estimate of drug-likeness (QED) is 0.139. The van der Waals surface area contributed by atoms with Crippen molar-refractivity contribution < 1.29 is 28.8 Å². The largest absolute Gasteiger partial charge is 0.493 e. The molecule has 3 N–H and O–H groups in total. The standard InChI is InChI=1S/C50H48N4O6/c1-57-41-21-35-37(49-16-14-47(49,51-49)25-33-19-31-10-3-5-12-39(31)53(33)45(35)55)23-43(41)59-27-29-8-7-9-30(18-29)28-60-44-24-38-36(22-42(44)58-2)46(56)54-34(20-32-11-4-6-13-40(32)54)26-48-15-17-50(38,48)52-48/h3-13,18,21-24,33-34,45,51-52,55H,14-17,19-20,25-28H2,1-2H3/t33-,34-,45?,47?,48?,49?,50?/m0/s1. The Bertz CT molecular complexity index is 2690. The third kappa shape index (κ3) is 4.56. The third-order valence-corrected chi connectivity index (χ3v) is 16.0. The molecule has 2 saturated heterocycles. The second-order valence-electron chi connectivity index (χ2n) is 18.6. The van der Waals surface area contributed by atoms with Gasteiger partial charge in [0, 0.05) is 45.7 Å². The van der Waals surface area contributed by atoms with Crippen LogP contribution < -0.4 is 39.4 Å². The molecule has 5 aromatic rings. The predicted octanol–water partition coefficient (Wildman–Crippen LogP) is 7.33. The van der Waals surface area contributed by atoms with Gasteiger partial charge in [0.15, 0.2) is 29.2 Å². The molecule has 10 heteroatoms. The Hall–Kier alpha value is -5.55. The van der Waals surface area contributed by atoms with Crippen LogP contribution in [0.4, 0.5) is 11.4 Å². The van der Waals surface area contributed by atoms with Crippen molar-refractivity contribution in [2.24, 2.45) is 0 Å². The predicted molar refractivity (Wildman–Crippen MR) is 226 cm³/mol. The third-order valence-electron chi connectivity index (χ3n) is 16.0. The minimum Gasteiger partial charge on any atom is -0.493 e. The van der Waals surface area contributed by atoms with Crippen LogP contribution in [0.1, 0.15) is 94.1 Å². The number of nitrogens with one attached hydrogen (secondary N) is 2. The molecule has 5 unspecified atom stereocenters. The van der Waals surface area contributed by atoms with Gasteiger partial charge >= 0.3 is 0 Å². The van der Waals surface area contributed by atoms with Gasteiger partial charge in [-0.25, -0.2) is 0 Å². The fraction of sp³-hybridized carbons (Fsp3) is 0.380. The number of methoxy groups -OCH3 is 2. The molecule has 304 valence electrons. The Morgan fingerprint density at radius 2 is 1.23 bits per heavy atom. The summed E-state index contributed by atoms with van der Waals surface area (Å²) in [5.41, 5.74) is 10.1. The maximum absolute atomic E-state index is 14.5. The number of fused-ring (bicyclic) bond motifs is 8. The maximum atomic E-state index is 14.5. The van der Waals surface area contributed by atoms with E-state index < -0.39 is 6.23 Å².